The summed E-state index contributed by atoms with van der Waals surface area (Å²) in [6.45, 7) is 5.92. The predicted octanol–water partition coefficient (Wildman–Crippen LogP) is 2.33. The lowest BCUT2D eigenvalue weighted by molar-refractivity contribution is 0.256. The van der Waals surface area contributed by atoms with E-state index in [9.17, 15) is 0 Å². The summed E-state index contributed by atoms with van der Waals surface area (Å²) in [6, 6.07) is 0.353. The van der Waals surface area contributed by atoms with Gasteiger partial charge < -0.3 is 26.4 Å². The molecule has 3 aliphatic rings. The maximum absolute atomic E-state index is 6.28. The number of nitrogens with one attached hydrogen (secondary N) is 1. The van der Waals surface area contributed by atoms with Crippen LogP contribution in [0.25, 0.3) is 11.1 Å². The van der Waals surface area contributed by atoms with Gasteiger partial charge in [-0.15, -0.1) is 0 Å². The third-order valence-electron chi connectivity index (χ3n) is 6.05. The van der Waals surface area contributed by atoms with Gasteiger partial charge in [0.05, 0.1) is 18.8 Å². The van der Waals surface area contributed by atoms with Crippen LogP contribution in [0, 0.1) is 0 Å². The summed E-state index contributed by atoms with van der Waals surface area (Å²) in [4.78, 5) is 12.0. The average Bonchev–Trinajstić information content (AvgIpc) is 2.74. The van der Waals surface area contributed by atoms with E-state index in [-0.39, 0.29) is 17.6 Å². The van der Waals surface area contributed by atoms with Crippen LogP contribution in [0.2, 0.25) is 0 Å². The third-order valence-corrected chi connectivity index (χ3v) is 6.05. The van der Waals surface area contributed by atoms with Gasteiger partial charge >= 0.3 is 0 Å². The zero-order valence-electron chi connectivity index (χ0n) is 18.1. The zero-order valence-corrected chi connectivity index (χ0v) is 18.1. The molecule has 1 aromatic rings. The highest BCUT2D eigenvalue weighted by molar-refractivity contribution is 5.85. The molecule has 4 rings (SSSR count). The SMILES string of the molecule is COC1=CC=C(c2cnc(N3CCC(N)CC3)nc2C2=CCC(C)(N)C=C2)[C@@H](C)N1. The van der Waals surface area contributed by atoms with Crippen molar-refractivity contribution in [2.45, 2.75) is 50.7 Å². The second kappa shape index (κ2) is 8.24. The van der Waals surface area contributed by atoms with Crippen LogP contribution in [0.5, 0.6) is 0 Å². The third kappa shape index (κ3) is 4.27. The van der Waals surface area contributed by atoms with Crippen molar-refractivity contribution in [2.24, 2.45) is 11.5 Å². The van der Waals surface area contributed by atoms with Gasteiger partial charge in [0.15, 0.2) is 5.88 Å². The number of aromatic nitrogens is 2. The highest BCUT2D eigenvalue weighted by Gasteiger charge is 2.26. The summed E-state index contributed by atoms with van der Waals surface area (Å²) < 4.78 is 5.34. The number of anilines is 1. The molecule has 160 valence electrons. The Morgan fingerprint density at radius 1 is 1.27 bits per heavy atom. The summed E-state index contributed by atoms with van der Waals surface area (Å²) in [5, 5.41) is 3.37. The molecular weight excluding hydrogens is 376 g/mol. The van der Waals surface area contributed by atoms with E-state index in [2.05, 4.69) is 41.4 Å². The van der Waals surface area contributed by atoms with Gasteiger partial charge in [0.2, 0.25) is 5.95 Å². The number of ether oxygens (including phenoxy) is 1. The summed E-state index contributed by atoms with van der Waals surface area (Å²) >= 11 is 0. The van der Waals surface area contributed by atoms with Gasteiger partial charge in [-0.1, -0.05) is 24.3 Å². The lowest BCUT2D eigenvalue weighted by atomic mass is 9.87. The Hall–Kier alpha value is -2.64. The molecule has 7 heteroatoms. The average molecular weight is 409 g/mol. The summed E-state index contributed by atoms with van der Waals surface area (Å²) in [6.07, 6.45) is 15.0. The standard InChI is InChI=1S/C23H32N6O/c1-15-18(4-5-20(27-15)30-3)19-14-26-22(29-12-8-17(24)9-13-29)28-21(19)16-6-10-23(2,25)11-7-16/h4-7,10,14-15,17,27H,8-9,11-13,24-25H2,1-3H3/t15-,23?/m1/s1. The molecule has 2 aliphatic heterocycles. The van der Waals surface area contributed by atoms with E-state index < -0.39 is 0 Å². The molecule has 30 heavy (non-hydrogen) atoms. The van der Waals surface area contributed by atoms with E-state index in [1.165, 1.54) is 0 Å². The Labute approximate surface area is 178 Å². The largest absolute Gasteiger partial charge is 0.483 e. The minimum Gasteiger partial charge on any atom is -0.483 e. The van der Waals surface area contributed by atoms with Gasteiger partial charge in [0.1, 0.15) is 0 Å². The first-order chi connectivity index (χ1) is 14.4. The maximum Gasteiger partial charge on any atom is 0.225 e. The van der Waals surface area contributed by atoms with Crippen LogP contribution in [0.4, 0.5) is 5.95 Å². The van der Waals surface area contributed by atoms with Crippen LogP contribution < -0.4 is 21.7 Å². The molecule has 0 saturated carbocycles. The van der Waals surface area contributed by atoms with E-state index in [1.54, 1.807) is 7.11 Å². The molecule has 1 saturated heterocycles. The minimum absolute atomic E-state index is 0.0825. The van der Waals surface area contributed by atoms with Gasteiger partial charge in [0, 0.05) is 36.4 Å². The number of allylic oxidation sites excluding steroid dienone is 4. The van der Waals surface area contributed by atoms with Crippen LogP contribution in [-0.2, 0) is 4.74 Å². The molecule has 0 radical (unpaired) electrons. The van der Waals surface area contributed by atoms with Crippen molar-refractivity contribution in [1.82, 2.24) is 15.3 Å². The molecule has 2 atom stereocenters. The van der Waals surface area contributed by atoms with Crippen LogP contribution in [-0.4, -0.2) is 47.8 Å². The van der Waals surface area contributed by atoms with Crippen molar-refractivity contribution in [3.8, 4) is 0 Å². The lowest BCUT2D eigenvalue weighted by Gasteiger charge is -2.31. The van der Waals surface area contributed by atoms with Gasteiger partial charge in [-0.25, -0.2) is 9.97 Å². The summed E-state index contributed by atoms with van der Waals surface area (Å²) in [5.74, 6) is 1.52. The molecule has 0 bridgehead atoms. The first kappa shape index (κ1) is 20.6. The van der Waals surface area contributed by atoms with Crippen molar-refractivity contribution < 1.29 is 4.74 Å². The molecule has 3 heterocycles. The summed E-state index contributed by atoms with van der Waals surface area (Å²) in [7, 11) is 1.67. The fourth-order valence-corrected chi connectivity index (χ4v) is 4.08. The van der Waals surface area contributed by atoms with Crippen molar-refractivity contribution in [1.29, 1.82) is 0 Å². The first-order valence-corrected chi connectivity index (χ1v) is 10.7. The Bertz CT molecular complexity index is 922. The molecular formula is C23H32N6O. The molecule has 0 amide bonds. The number of rotatable bonds is 4. The first-order valence-electron chi connectivity index (χ1n) is 10.7. The Morgan fingerprint density at radius 2 is 2.03 bits per heavy atom. The normalized spacial score (nSPS) is 27.2. The molecule has 1 aliphatic carbocycles. The quantitative estimate of drug-likeness (QED) is 0.703. The summed E-state index contributed by atoms with van der Waals surface area (Å²) in [5.41, 5.74) is 16.2. The van der Waals surface area contributed by atoms with Crippen molar-refractivity contribution >= 4 is 17.1 Å². The monoisotopic (exact) mass is 408 g/mol. The Kier molecular flexibility index (Phi) is 5.66. The second-order valence-corrected chi connectivity index (χ2v) is 8.68. The van der Waals surface area contributed by atoms with Crippen LogP contribution in [0.15, 0.2) is 42.5 Å². The van der Waals surface area contributed by atoms with Crippen LogP contribution in [0.1, 0.15) is 44.4 Å². The molecule has 1 unspecified atom stereocenters. The Morgan fingerprint density at radius 3 is 2.67 bits per heavy atom. The molecule has 7 nitrogen and oxygen atoms in total. The molecule has 1 aromatic heterocycles. The number of nitrogens with two attached hydrogens (primary N) is 2. The van der Waals surface area contributed by atoms with Gasteiger partial charge in [-0.2, -0.15) is 0 Å². The minimum atomic E-state index is -0.322. The number of hydrogen-bond donors (Lipinski definition) is 3. The van der Waals surface area contributed by atoms with E-state index in [4.69, 9.17) is 26.2 Å². The van der Waals surface area contributed by atoms with Crippen LogP contribution >= 0.6 is 0 Å². The number of methoxy groups -OCH3 is 1. The van der Waals surface area contributed by atoms with E-state index in [0.29, 0.717) is 0 Å². The fourth-order valence-electron chi connectivity index (χ4n) is 4.08. The number of dihydropyridines is 1. The van der Waals surface area contributed by atoms with Crippen molar-refractivity contribution in [2.75, 3.05) is 25.1 Å². The highest BCUT2D eigenvalue weighted by atomic mass is 16.5. The maximum atomic E-state index is 6.28. The van der Waals surface area contributed by atoms with E-state index in [0.717, 1.165) is 66.6 Å². The van der Waals surface area contributed by atoms with E-state index in [1.807, 2.05) is 19.2 Å². The topological polar surface area (TPSA) is 102 Å². The van der Waals surface area contributed by atoms with Crippen molar-refractivity contribution in [3.05, 3.63) is 53.7 Å². The smallest absolute Gasteiger partial charge is 0.225 e. The van der Waals surface area contributed by atoms with Gasteiger partial charge in [0.25, 0.3) is 0 Å². The number of nitrogens with zero attached hydrogens (tertiary/aromatic N) is 3. The second-order valence-electron chi connectivity index (χ2n) is 8.68. The molecule has 0 aromatic carbocycles. The molecule has 1 fully saturated rings. The number of hydrogen-bond acceptors (Lipinski definition) is 7. The fraction of sp³-hybridized carbons (Fsp3) is 0.478. The van der Waals surface area contributed by atoms with Crippen LogP contribution in [0.3, 0.4) is 0 Å². The molecule has 0 spiro atoms. The van der Waals surface area contributed by atoms with Crippen molar-refractivity contribution in [3.63, 3.8) is 0 Å². The van der Waals surface area contributed by atoms with E-state index >= 15 is 0 Å². The lowest BCUT2D eigenvalue weighted by Crippen LogP contribution is -2.40. The van der Waals surface area contributed by atoms with Gasteiger partial charge in [-0.3, -0.25) is 0 Å². The predicted molar refractivity (Wildman–Crippen MR) is 121 cm³/mol. The number of piperidine rings is 1. The zero-order chi connectivity index (χ0) is 21.3. The Balaban J connectivity index is 1.75. The highest BCUT2D eigenvalue weighted by Crippen LogP contribution is 2.33. The molecule has 5 N–H and O–H groups in total. The van der Waals surface area contributed by atoms with Gasteiger partial charge in [-0.05, 0) is 50.3 Å².